The van der Waals surface area contributed by atoms with Crippen LogP contribution in [0.25, 0.3) is 0 Å². The van der Waals surface area contributed by atoms with Gasteiger partial charge < -0.3 is 10.4 Å². The van der Waals surface area contributed by atoms with Crippen molar-refractivity contribution in [2.75, 3.05) is 13.2 Å². The van der Waals surface area contributed by atoms with Crippen LogP contribution in [0, 0.1) is 5.82 Å². The fraction of sp³-hybridized carbons (Fsp3) is 0.571. The maximum Gasteiger partial charge on any atom is 0.123 e. The van der Waals surface area contributed by atoms with E-state index in [1.54, 1.807) is 12.1 Å². The van der Waals surface area contributed by atoms with Crippen LogP contribution in [0.1, 0.15) is 32.3 Å². The first-order valence-corrected chi connectivity index (χ1v) is 6.09. The van der Waals surface area contributed by atoms with Gasteiger partial charge in [0.25, 0.3) is 0 Å². The molecule has 0 aromatic heterocycles. The zero-order valence-corrected chi connectivity index (χ0v) is 10.5. The van der Waals surface area contributed by atoms with Crippen LogP contribution in [0.3, 0.4) is 0 Å². The average Bonchev–Trinajstić information content (AvgIpc) is 2.28. The van der Waals surface area contributed by atoms with Crippen LogP contribution in [-0.2, 0) is 5.41 Å². The number of aliphatic hydroxyl groups is 1. The third-order valence-corrected chi connectivity index (χ3v) is 3.75. The Kier molecular flexibility index (Phi) is 3.23. The van der Waals surface area contributed by atoms with Crippen molar-refractivity contribution < 1.29 is 9.50 Å². The van der Waals surface area contributed by atoms with Gasteiger partial charge in [-0.2, -0.15) is 0 Å². The first-order valence-electron chi connectivity index (χ1n) is 6.09. The molecule has 1 aliphatic rings. The van der Waals surface area contributed by atoms with Crippen LogP contribution < -0.4 is 5.32 Å². The fourth-order valence-corrected chi connectivity index (χ4v) is 2.91. The summed E-state index contributed by atoms with van der Waals surface area (Å²) in [5, 5.41) is 13.2. The molecule has 1 atom stereocenters. The van der Waals surface area contributed by atoms with Crippen LogP contribution in [0.4, 0.5) is 4.39 Å². The van der Waals surface area contributed by atoms with E-state index in [1.165, 1.54) is 12.1 Å². The molecule has 1 saturated heterocycles. The Labute approximate surface area is 102 Å². The summed E-state index contributed by atoms with van der Waals surface area (Å²) in [5.74, 6) is -0.227. The highest BCUT2D eigenvalue weighted by Gasteiger charge is 2.40. The molecule has 1 aromatic carbocycles. The van der Waals surface area contributed by atoms with Crippen LogP contribution in [0.15, 0.2) is 24.3 Å². The third-order valence-electron chi connectivity index (χ3n) is 3.75. The highest BCUT2D eigenvalue weighted by molar-refractivity contribution is 5.28. The highest BCUT2D eigenvalue weighted by atomic mass is 19.1. The minimum Gasteiger partial charge on any atom is -0.395 e. The van der Waals surface area contributed by atoms with Crippen LogP contribution >= 0.6 is 0 Å². The average molecular weight is 237 g/mol. The smallest absolute Gasteiger partial charge is 0.123 e. The van der Waals surface area contributed by atoms with Crippen molar-refractivity contribution in [3.8, 4) is 0 Å². The van der Waals surface area contributed by atoms with Crippen molar-refractivity contribution >= 4 is 0 Å². The van der Waals surface area contributed by atoms with E-state index in [2.05, 4.69) is 19.2 Å². The number of halogens is 1. The number of hydrogen-bond donors (Lipinski definition) is 2. The second-order valence-corrected chi connectivity index (χ2v) is 5.68. The molecule has 1 aromatic rings. The summed E-state index contributed by atoms with van der Waals surface area (Å²) in [6, 6.07) is 6.55. The molecule has 0 amide bonds. The topological polar surface area (TPSA) is 32.3 Å². The van der Waals surface area contributed by atoms with E-state index in [-0.39, 0.29) is 23.4 Å². The van der Waals surface area contributed by atoms with Crippen molar-refractivity contribution in [2.24, 2.45) is 0 Å². The molecular formula is C14H20FNO. The lowest BCUT2D eigenvalue weighted by Gasteiger charge is -2.45. The predicted octanol–water partition coefficient (Wildman–Crippen LogP) is 2.22. The predicted molar refractivity (Wildman–Crippen MR) is 66.5 cm³/mol. The quantitative estimate of drug-likeness (QED) is 0.826. The molecule has 3 heteroatoms. The maximum absolute atomic E-state index is 13.0. The van der Waals surface area contributed by atoms with Gasteiger partial charge in [-0.1, -0.05) is 12.1 Å². The van der Waals surface area contributed by atoms with Crippen molar-refractivity contribution in [1.29, 1.82) is 0 Å². The van der Waals surface area contributed by atoms with Gasteiger partial charge in [-0.15, -0.1) is 0 Å². The molecule has 0 bridgehead atoms. The minimum atomic E-state index is -0.234. The summed E-state index contributed by atoms with van der Waals surface area (Å²) < 4.78 is 13.0. The van der Waals surface area contributed by atoms with E-state index in [0.717, 1.165) is 24.9 Å². The van der Waals surface area contributed by atoms with Crippen molar-refractivity contribution in [2.45, 2.75) is 37.6 Å². The van der Waals surface area contributed by atoms with Crippen LogP contribution in [-0.4, -0.2) is 23.8 Å². The molecule has 0 aliphatic carbocycles. The van der Waals surface area contributed by atoms with Crippen molar-refractivity contribution in [3.05, 3.63) is 35.6 Å². The van der Waals surface area contributed by atoms with Crippen LogP contribution in [0.5, 0.6) is 0 Å². The molecule has 0 radical (unpaired) electrons. The van der Waals surface area contributed by atoms with Crippen molar-refractivity contribution in [3.63, 3.8) is 0 Å². The van der Waals surface area contributed by atoms with Gasteiger partial charge in [0, 0.05) is 11.0 Å². The molecule has 17 heavy (non-hydrogen) atoms. The molecule has 0 spiro atoms. The van der Waals surface area contributed by atoms with E-state index in [9.17, 15) is 9.50 Å². The first kappa shape index (κ1) is 12.5. The molecule has 2 nitrogen and oxygen atoms in total. The van der Waals surface area contributed by atoms with Gasteiger partial charge in [-0.05, 0) is 50.9 Å². The second kappa shape index (κ2) is 4.39. The number of nitrogens with one attached hydrogen (secondary N) is 1. The fourth-order valence-electron chi connectivity index (χ4n) is 2.91. The van der Waals surface area contributed by atoms with Gasteiger partial charge in [-0.3, -0.25) is 0 Å². The standard InChI is InChI=1S/C14H20FNO/c1-13(2)9-14(10-17,7-8-16-13)11-3-5-12(15)6-4-11/h3-6,16-17H,7-10H2,1-2H3. The molecule has 94 valence electrons. The van der Waals surface area contributed by atoms with E-state index >= 15 is 0 Å². The second-order valence-electron chi connectivity index (χ2n) is 5.68. The lowest BCUT2D eigenvalue weighted by Crippen LogP contribution is -2.53. The van der Waals surface area contributed by atoms with E-state index in [1.807, 2.05) is 0 Å². The summed E-state index contributed by atoms with van der Waals surface area (Å²) >= 11 is 0. The summed E-state index contributed by atoms with van der Waals surface area (Å²) in [6.45, 7) is 5.27. The van der Waals surface area contributed by atoms with Gasteiger partial charge in [-0.25, -0.2) is 4.39 Å². The molecule has 1 heterocycles. The van der Waals surface area contributed by atoms with Gasteiger partial charge in [0.05, 0.1) is 6.61 Å². The van der Waals surface area contributed by atoms with E-state index in [0.29, 0.717) is 0 Å². The number of hydrogen-bond acceptors (Lipinski definition) is 2. The number of piperidine rings is 1. The molecule has 2 rings (SSSR count). The lowest BCUT2D eigenvalue weighted by molar-refractivity contribution is 0.112. The zero-order valence-electron chi connectivity index (χ0n) is 10.5. The Hall–Kier alpha value is -0.930. The monoisotopic (exact) mass is 237 g/mol. The summed E-state index contributed by atoms with van der Waals surface area (Å²) in [4.78, 5) is 0. The Morgan fingerprint density at radius 1 is 1.29 bits per heavy atom. The summed E-state index contributed by atoms with van der Waals surface area (Å²) in [6.07, 6.45) is 1.75. The van der Waals surface area contributed by atoms with Gasteiger partial charge in [0.15, 0.2) is 0 Å². The van der Waals surface area contributed by atoms with Crippen molar-refractivity contribution in [1.82, 2.24) is 5.32 Å². The molecule has 0 saturated carbocycles. The van der Waals surface area contributed by atoms with E-state index < -0.39 is 0 Å². The third kappa shape index (κ3) is 2.50. The van der Waals surface area contributed by atoms with Gasteiger partial charge in [0.2, 0.25) is 0 Å². The maximum atomic E-state index is 13.0. The first-order chi connectivity index (χ1) is 7.97. The zero-order chi connectivity index (χ0) is 12.5. The number of rotatable bonds is 2. The largest absolute Gasteiger partial charge is 0.395 e. The molecule has 1 aliphatic heterocycles. The SMILES string of the molecule is CC1(C)CC(CO)(c2ccc(F)cc2)CCN1. The molecule has 1 fully saturated rings. The number of benzene rings is 1. The van der Waals surface area contributed by atoms with Gasteiger partial charge >= 0.3 is 0 Å². The van der Waals surface area contributed by atoms with Crippen LogP contribution in [0.2, 0.25) is 0 Å². The number of aliphatic hydroxyl groups excluding tert-OH is 1. The molecule has 1 unspecified atom stereocenters. The Morgan fingerprint density at radius 2 is 1.94 bits per heavy atom. The molecular weight excluding hydrogens is 217 g/mol. The normalized spacial score (nSPS) is 28.0. The minimum absolute atomic E-state index is 0.00929. The summed E-state index contributed by atoms with van der Waals surface area (Å²) in [7, 11) is 0. The Balaban J connectivity index is 2.33. The lowest BCUT2D eigenvalue weighted by atomic mass is 9.68. The van der Waals surface area contributed by atoms with Gasteiger partial charge in [0.1, 0.15) is 5.82 Å². The van der Waals surface area contributed by atoms with E-state index in [4.69, 9.17) is 0 Å². The summed E-state index contributed by atoms with van der Waals surface area (Å²) in [5.41, 5.74) is 0.814. The highest BCUT2D eigenvalue weighted by Crippen LogP contribution is 2.38. The molecule has 2 N–H and O–H groups in total. The Morgan fingerprint density at radius 3 is 2.47 bits per heavy atom. The Bertz CT molecular complexity index is 388.